The fourth-order valence-corrected chi connectivity index (χ4v) is 2.65. The lowest BCUT2D eigenvalue weighted by molar-refractivity contribution is 0.868. The van der Waals surface area contributed by atoms with Gasteiger partial charge in [-0.05, 0) is 37.6 Å². The molecule has 1 aromatic heterocycles. The number of nitrogens with zero attached hydrogens (tertiary/aromatic N) is 1. The van der Waals surface area contributed by atoms with Crippen LogP contribution in [-0.4, -0.2) is 4.98 Å². The Hall–Kier alpha value is -0.870. The number of thiazole rings is 1. The van der Waals surface area contributed by atoms with Crippen LogP contribution in [0.25, 0.3) is 0 Å². The zero-order chi connectivity index (χ0) is 11.5. The molecule has 0 radical (unpaired) electrons. The molecule has 0 bridgehead atoms. The number of anilines is 1. The molecular formula is C12H13BrN2S. The van der Waals surface area contributed by atoms with Crippen molar-refractivity contribution >= 4 is 33.0 Å². The topological polar surface area (TPSA) is 24.9 Å². The first-order valence-electron chi connectivity index (χ1n) is 5.09. The van der Waals surface area contributed by atoms with Gasteiger partial charge < -0.3 is 5.32 Å². The molecule has 0 saturated heterocycles. The van der Waals surface area contributed by atoms with Crippen molar-refractivity contribution in [3.63, 3.8) is 0 Å². The molecule has 0 aliphatic heterocycles. The molecule has 2 aromatic rings. The third kappa shape index (κ3) is 2.62. The first kappa shape index (κ1) is 11.6. The first-order chi connectivity index (χ1) is 7.66. The first-order valence-corrected chi connectivity index (χ1v) is 6.76. The van der Waals surface area contributed by atoms with Gasteiger partial charge in [-0.2, -0.15) is 0 Å². The van der Waals surface area contributed by atoms with Crippen LogP contribution in [0, 0.1) is 6.92 Å². The van der Waals surface area contributed by atoms with Crippen molar-refractivity contribution in [2.45, 2.75) is 19.9 Å². The van der Waals surface area contributed by atoms with Crippen LogP contribution in [-0.2, 0) is 0 Å². The third-order valence-corrected chi connectivity index (χ3v) is 3.83. The third-order valence-electron chi connectivity index (χ3n) is 2.38. The van der Waals surface area contributed by atoms with E-state index in [0.29, 0.717) is 0 Å². The largest absolute Gasteiger partial charge is 0.376 e. The molecule has 2 nitrogen and oxygen atoms in total. The van der Waals surface area contributed by atoms with Gasteiger partial charge in [-0.25, -0.2) is 4.98 Å². The number of aromatic nitrogens is 1. The monoisotopic (exact) mass is 296 g/mol. The van der Waals surface area contributed by atoms with Crippen molar-refractivity contribution in [1.82, 2.24) is 4.98 Å². The quantitative estimate of drug-likeness (QED) is 0.909. The maximum atomic E-state index is 4.31. The Labute approximate surface area is 108 Å². The highest BCUT2D eigenvalue weighted by atomic mass is 79.9. The second-order valence-corrected chi connectivity index (χ2v) is 5.54. The second kappa shape index (κ2) is 4.97. The lowest BCUT2D eigenvalue weighted by Gasteiger charge is -2.15. The van der Waals surface area contributed by atoms with Crippen molar-refractivity contribution in [1.29, 1.82) is 0 Å². The predicted molar refractivity (Wildman–Crippen MR) is 73.0 cm³/mol. The summed E-state index contributed by atoms with van der Waals surface area (Å²) in [7, 11) is 0. The van der Waals surface area contributed by atoms with Crippen molar-refractivity contribution in [3.05, 3.63) is 44.8 Å². The lowest BCUT2D eigenvalue weighted by Crippen LogP contribution is -2.07. The summed E-state index contributed by atoms with van der Waals surface area (Å²) in [6.07, 6.45) is 1.84. The average molecular weight is 297 g/mol. The van der Waals surface area contributed by atoms with E-state index in [0.717, 1.165) is 15.2 Å². The summed E-state index contributed by atoms with van der Waals surface area (Å²) in [5, 5.41) is 6.58. The van der Waals surface area contributed by atoms with Crippen molar-refractivity contribution < 1.29 is 0 Å². The Bertz CT molecular complexity index is 468. The molecule has 16 heavy (non-hydrogen) atoms. The molecule has 1 aromatic carbocycles. The van der Waals surface area contributed by atoms with Gasteiger partial charge in [0.2, 0.25) is 0 Å². The lowest BCUT2D eigenvalue weighted by atomic mass is 10.2. The van der Waals surface area contributed by atoms with Gasteiger partial charge >= 0.3 is 0 Å². The summed E-state index contributed by atoms with van der Waals surface area (Å²) in [6.45, 7) is 4.22. The molecule has 0 spiro atoms. The van der Waals surface area contributed by atoms with E-state index in [1.165, 1.54) is 5.56 Å². The van der Waals surface area contributed by atoms with Crippen LogP contribution in [0.2, 0.25) is 0 Å². The molecule has 0 fully saturated rings. The smallest absolute Gasteiger partial charge is 0.115 e. The molecule has 2 rings (SSSR count). The minimum atomic E-state index is 0.250. The van der Waals surface area contributed by atoms with Crippen molar-refractivity contribution in [3.8, 4) is 0 Å². The highest BCUT2D eigenvalue weighted by Gasteiger charge is 2.08. The summed E-state index contributed by atoms with van der Waals surface area (Å²) in [5.74, 6) is 0. The number of rotatable bonds is 3. The SMILES string of the molecule is Cc1cc(Br)ccc1NC(C)c1nccs1. The number of aryl methyl sites for hydroxylation is 1. The Morgan fingerprint density at radius 3 is 2.88 bits per heavy atom. The summed E-state index contributed by atoms with van der Waals surface area (Å²) in [6, 6.07) is 6.49. The molecule has 1 heterocycles. The van der Waals surface area contributed by atoms with Crippen LogP contribution >= 0.6 is 27.3 Å². The zero-order valence-corrected chi connectivity index (χ0v) is 11.6. The Balaban J connectivity index is 2.15. The van der Waals surface area contributed by atoms with E-state index in [-0.39, 0.29) is 6.04 Å². The van der Waals surface area contributed by atoms with Gasteiger partial charge in [0.25, 0.3) is 0 Å². The summed E-state index contributed by atoms with van der Waals surface area (Å²) in [4.78, 5) is 4.31. The van der Waals surface area contributed by atoms with E-state index in [1.807, 2.05) is 17.6 Å². The zero-order valence-electron chi connectivity index (χ0n) is 9.20. The van der Waals surface area contributed by atoms with Crippen LogP contribution in [0.4, 0.5) is 5.69 Å². The van der Waals surface area contributed by atoms with E-state index in [2.05, 4.69) is 52.2 Å². The molecule has 0 aliphatic carbocycles. The average Bonchev–Trinajstić information content (AvgIpc) is 2.75. The number of hydrogen-bond donors (Lipinski definition) is 1. The van der Waals surface area contributed by atoms with Crippen LogP contribution in [0.1, 0.15) is 23.5 Å². The van der Waals surface area contributed by atoms with E-state index < -0.39 is 0 Å². The van der Waals surface area contributed by atoms with E-state index in [1.54, 1.807) is 11.3 Å². The van der Waals surface area contributed by atoms with Crippen LogP contribution in [0.3, 0.4) is 0 Å². The van der Waals surface area contributed by atoms with Gasteiger partial charge in [0, 0.05) is 21.7 Å². The number of benzene rings is 1. The highest BCUT2D eigenvalue weighted by Crippen LogP contribution is 2.25. The summed E-state index contributed by atoms with van der Waals surface area (Å²) >= 11 is 5.14. The Morgan fingerprint density at radius 2 is 2.25 bits per heavy atom. The Kier molecular flexibility index (Phi) is 3.61. The normalized spacial score (nSPS) is 12.4. The molecule has 84 valence electrons. The van der Waals surface area contributed by atoms with Crippen LogP contribution in [0.15, 0.2) is 34.2 Å². The summed E-state index contributed by atoms with van der Waals surface area (Å²) < 4.78 is 1.11. The maximum absolute atomic E-state index is 4.31. The van der Waals surface area contributed by atoms with Gasteiger partial charge in [0.15, 0.2) is 0 Å². The Morgan fingerprint density at radius 1 is 1.44 bits per heavy atom. The highest BCUT2D eigenvalue weighted by molar-refractivity contribution is 9.10. The second-order valence-electron chi connectivity index (χ2n) is 3.70. The maximum Gasteiger partial charge on any atom is 0.115 e. The standard InChI is InChI=1S/C12H13BrN2S/c1-8-7-10(13)3-4-11(8)15-9(2)12-14-5-6-16-12/h3-7,9,15H,1-2H3. The molecule has 0 amide bonds. The van der Waals surface area contributed by atoms with E-state index in [9.17, 15) is 0 Å². The minimum absolute atomic E-state index is 0.250. The van der Waals surface area contributed by atoms with Crippen molar-refractivity contribution in [2.24, 2.45) is 0 Å². The molecule has 0 aliphatic rings. The van der Waals surface area contributed by atoms with Crippen LogP contribution < -0.4 is 5.32 Å². The molecular weight excluding hydrogens is 284 g/mol. The molecule has 0 saturated carbocycles. The van der Waals surface area contributed by atoms with E-state index >= 15 is 0 Å². The van der Waals surface area contributed by atoms with Crippen LogP contribution in [0.5, 0.6) is 0 Å². The molecule has 1 atom stereocenters. The number of nitrogens with one attached hydrogen (secondary N) is 1. The van der Waals surface area contributed by atoms with Gasteiger partial charge in [0.05, 0.1) is 6.04 Å². The fourth-order valence-electron chi connectivity index (χ4n) is 1.53. The minimum Gasteiger partial charge on any atom is -0.376 e. The van der Waals surface area contributed by atoms with Crippen molar-refractivity contribution in [2.75, 3.05) is 5.32 Å². The molecule has 1 unspecified atom stereocenters. The number of hydrogen-bond acceptors (Lipinski definition) is 3. The predicted octanol–water partition coefficient (Wildman–Crippen LogP) is 4.39. The van der Waals surface area contributed by atoms with Gasteiger partial charge in [-0.1, -0.05) is 15.9 Å². The number of halogens is 1. The fraction of sp³-hybridized carbons (Fsp3) is 0.250. The molecule has 4 heteroatoms. The van der Waals surface area contributed by atoms with Gasteiger partial charge in [0.1, 0.15) is 5.01 Å². The summed E-state index contributed by atoms with van der Waals surface area (Å²) in [5.41, 5.74) is 2.39. The van der Waals surface area contributed by atoms with Gasteiger partial charge in [-0.3, -0.25) is 0 Å². The van der Waals surface area contributed by atoms with E-state index in [4.69, 9.17) is 0 Å². The molecule has 1 N–H and O–H groups in total. The van der Waals surface area contributed by atoms with Gasteiger partial charge in [-0.15, -0.1) is 11.3 Å².